The van der Waals surface area contributed by atoms with Crippen LogP contribution in [-0.2, 0) is 5.41 Å². The number of benzene rings is 17. The minimum absolute atomic E-state index is 0.112. The van der Waals surface area contributed by atoms with Gasteiger partial charge < -0.3 is 37.7 Å². The van der Waals surface area contributed by atoms with Gasteiger partial charge in [0.15, 0.2) is 0 Å². The van der Waals surface area contributed by atoms with Crippen molar-refractivity contribution in [3.63, 3.8) is 0 Å². The van der Waals surface area contributed by atoms with E-state index in [0.717, 1.165) is 113 Å². The third kappa shape index (κ3) is 20.6. The van der Waals surface area contributed by atoms with Crippen molar-refractivity contribution in [1.29, 1.82) is 0 Å². The van der Waals surface area contributed by atoms with Gasteiger partial charge in [0.25, 0.3) is 23.6 Å². The molecular formula is C115H90N12O4. The van der Waals surface area contributed by atoms with Crippen molar-refractivity contribution in [2.24, 2.45) is 0 Å². The van der Waals surface area contributed by atoms with Gasteiger partial charge >= 0.3 is 0 Å². The maximum atomic E-state index is 5.56. The Kier molecular flexibility index (Phi) is 25.9. The van der Waals surface area contributed by atoms with Gasteiger partial charge in [-0.25, -0.2) is 0 Å². The highest BCUT2D eigenvalue weighted by atomic mass is 16.5. The Morgan fingerprint density at radius 1 is 0.168 bits per heavy atom. The Morgan fingerprint density at radius 3 is 0.534 bits per heavy atom. The lowest BCUT2D eigenvalue weighted by Crippen LogP contribution is -2.13. The molecule has 0 aliphatic carbocycles. The number of hydrogen-bond donors (Lipinski definition) is 0. The van der Waals surface area contributed by atoms with Crippen LogP contribution >= 0.6 is 0 Å². The highest BCUT2D eigenvalue weighted by molar-refractivity contribution is 5.83. The second-order valence-electron chi connectivity index (χ2n) is 31.9. The van der Waals surface area contributed by atoms with Crippen LogP contribution in [-0.4, -0.2) is 40.6 Å². The van der Waals surface area contributed by atoms with E-state index in [0.29, 0.717) is 46.9 Å². The summed E-state index contributed by atoms with van der Waals surface area (Å²) in [5, 5.41) is 16.5. The molecule has 17 aromatic carbocycles. The summed E-state index contributed by atoms with van der Waals surface area (Å²) in [5.74, 6) is 4.36. The van der Waals surface area contributed by atoms with Crippen LogP contribution in [0, 0.1) is 6.92 Å². The van der Waals surface area contributed by atoms with Gasteiger partial charge in [-0.3, -0.25) is 0 Å². The number of aryl methyl sites for hydroxylation is 1. The highest BCUT2D eigenvalue weighted by Crippen LogP contribution is 2.42. The van der Waals surface area contributed by atoms with E-state index in [2.05, 4.69) is 331 Å². The minimum Gasteiger partial charge on any atom is -0.334 e. The second kappa shape index (κ2) is 40.2. The van der Waals surface area contributed by atoms with Gasteiger partial charge in [-0.05, 0) is 223 Å². The van der Waals surface area contributed by atoms with E-state index in [4.69, 9.17) is 18.1 Å². The normalized spacial score (nSPS) is 10.9. The van der Waals surface area contributed by atoms with Gasteiger partial charge in [0.2, 0.25) is 23.3 Å². The van der Waals surface area contributed by atoms with Crippen molar-refractivity contribution in [3.8, 4) is 102 Å². The molecule has 131 heavy (non-hydrogen) atoms. The Labute approximate surface area is 761 Å². The number of rotatable bonds is 21. The number of aromatic nitrogens is 8. The van der Waals surface area contributed by atoms with Crippen LogP contribution in [0.1, 0.15) is 31.9 Å². The molecule has 0 fully saturated rings. The molecular weight excluding hydrogens is 1610 g/mol. The fourth-order valence-corrected chi connectivity index (χ4v) is 15.1. The molecule has 0 saturated carbocycles. The third-order valence-electron chi connectivity index (χ3n) is 21.9. The predicted octanol–water partition coefficient (Wildman–Crippen LogP) is 30.8. The molecule has 0 bridgehead atoms. The van der Waals surface area contributed by atoms with E-state index in [-0.39, 0.29) is 5.41 Å². The Hall–Kier alpha value is -17.5. The number of para-hydroxylation sites is 5. The van der Waals surface area contributed by atoms with Crippen LogP contribution in [0.2, 0.25) is 0 Å². The summed E-state index contributed by atoms with van der Waals surface area (Å²) >= 11 is 0. The van der Waals surface area contributed by atoms with E-state index in [9.17, 15) is 0 Å². The fraction of sp³-hybridized carbons (Fsp3) is 0.0435. The number of anilines is 12. The maximum Gasteiger partial charge on any atom is 0.258 e. The second-order valence-corrected chi connectivity index (χ2v) is 31.9. The van der Waals surface area contributed by atoms with Gasteiger partial charge in [0, 0.05) is 113 Å². The van der Waals surface area contributed by atoms with Crippen LogP contribution in [0.3, 0.4) is 0 Å². The topological polar surface area (TPSA) is 169 Å². The van der Waals surface area contributed by atoms with Gasteiger partial charge in [-0.2, -0.15) is 19.9 Å². The molecule has 4 aromatic heterocycles. The maximum absolute atomic E-state index is 5.56. The van der Waals surface area contributed by atoms with Crippen molar-refractivity contribution in [1.82, 2.24) is 40.6 Å². The van der Waals surface area contributed by atoms with Crippen LogP contribution < -0.4 is 19.6 Å². The van der Waals surface area contributed by atoms with Crippen molar-refractivity contribution in [2.75, 3.05) is 19.6 Å². The smallest absolute Gasteiger partial charge is 0.258 e. The summed E-state index contributed by atoms with van der Waals surface area (Å²) in [6.45, 7) is 8.79. The lowest BCUT2D eigenvalue weighted by molar-refractivity contribution is 0.432. The molecule has 16 nitrogen and oxygen atoms in total. The van der Waals surface area contributed by atoms with E-state index >= 15 is 0 Å². The zero-order valence-electron chi connectivity index (χ0n) is 72.5. The Morgan fingerprint density at radius 2 is 0.328 bits per heavy atom. The SMILES string of the molecule is CC(C)(C)c1ccc(N(c2ccccc2)c2ccc(-c3nc(-c4ccccc4)no3)cc2)cc1.Cc1ccc(N(c2ccccc2)c2ccc(-c3nc(-c4ccccc4)no3)cc2)cc1.c1ccc(-c2ccc(N(c3ccccc3)c3ccc(-c4nc(-c5ccccc5)no4)cc3)cc2)cc1.c1ccc(-c2noc(-c3ccc(N(c4ccccc4)c4ccccc4)cc3)n2)cc1. The highest BCUT2D eigenvalue weighted by Gasteiger charge is 2.23. The molecule has 0 amide bonds. The molecule has 634 valence electrons. The first-order valence-corrected chi connectivity index (χ1v) is 43.3. The van der Waals surface area contributed by atoms with Gasteiger partial charge in [0.05, 0.1) is 0 Å². The predicted molar refractivity (Wildman–Crippen MR) is 528 cm³/mol. The largest absolute Gasteiger partial charge is 0.334 e. The molecule has 0 N–H and O–H groups in total. The minimum atomic E-state index is 0.112. The van der Waals surface area contributed by atoms with E-state index in [1.165, 1.54) is 22.3 Å². The van der Waals surface area contributed by atoms with Gasteiger partial charge in [-0.15, -0.1) is 0 Å². The molecule has 16 heteroatoms. The quantitative estimate of drug-likeness (QED) is 0.0665. The summed E-state index contributed by atoms with van der Waals surface area (Å²) in [6.07, 6.45) is 0. The van der Waals surface area contributed by atoms with Crippen molar-refractivity contribution >= 4 is 68.2 Å². The summed E-state index contributed by atoms with van der Waals surface area (Å²) in [7, 11) is 0. The average molecular weight is 1700 g/mol. The Balaban J connectivity index is 0.000000118. The number of hydrogen-bond acceptors (Lipinski definition) is 16. The van der Waals surface area contributed by atoms with Crippen molar-refractivity contribution < 1.29 is 18.1 Å². The summed E-state index contributed by atoms with van der Waals surface area (Å²) in [4.78, 5) is 27.2. The monoisotopic (exact) mass is 1700 g/mol. The molecule has 21 rings (SSSR count). The Bertz CT molecular complexity index is 7070. The lowest BCUT2D eigenvalue weighted by Gasteiger charge is -2.27. The first-order chi connectivity index (χ1) is 64.5. The molecule has 0 unspecified atom stereocenters. The first-order valence-electron chi connectivity index (χ1n) is 43.3. The van der Waals surface area contributed by atoms with Crippen LogP contribution in [0.4, 0.5) is 68.2 Å². The summed E-state index contributed by atoms with van der Waals surface area (Å²) < 4.78 is 22.1. The van der Waals surface area contributed by atoms with Gasteiger partial charge in [-0.1, -0.05) is 326 Å². The molecule has 0 atom stereocenters. The molecule has 0 aliphatic rings. The van der Waals surface area contributed by atoms with E-state index in [1.807, 2.05) is 231 Å². The fourth-order valence-electron chi connectivity index (χ4n) is 15.1. The van der Waals surface area contributed by atoms with E-state index in [1.54, 1.807) is 0 Å². The first kappa shape index (κ1) is 84.3. The molecule has 0 radical (unpaired) electrons. The standard InChI is InChI=1S/C32H23N3O.C30H27N3O.C27H21N3O.C26H19N3O/c1-4-10-24(11-5-1)25-16-20-29(21-17-25)35(28-14-8-3-9-15-28)30-22-18-27(19-23-30)32-33-31(34-36-32)26-12-6-2-7-13-26;1-30(2,3)24-16-20-27(21-17-24)33(25-12-8-5-9-13-25)26-18-14-23(15-19-26)29-31-28(32-34-29)22-10-6-4-7-11-22;1-20-12-16-24(17-13-20)30(23-10-6-3-7-11-23)25-18-14-22(15-19-25)27-28-26(29-31-27)21-8-4-2-5-9-21;1-4-10-20(11-5-1)25-27-26(30-28-25)21-16-18-24(19-17-21)29(22-12-6-2-7-13-22)23-14-8-3-9-15-23/h1-23H;4-21H,1-3H3;2-19H,1H3;1-19H. The molecule has 21 aromatic rings. The van der Waals surface area contributed by atoms with Crippen LogP contribution in [0.15, 0.2) is 491 Å². The third-order valence-corrected chi connectivity index (χ3v) is 21.9. The lowest BCUT2D eigenvalue weighted by atomic mass is 9.87. The molecule has 0 saturated heterocycles. The molecule has 4 heterocycles. The van der Waals surface area contributed by atoms with Crippen molar-refractivity contribution in [2.45, 2.75) is 33.1 Å². The zero-order chi connectivity index (χ0) is 88.9. The summed E-state index contributed by atoms with van der Waals surface area (Å²) in [6, 6.07) is 160. The van der Waals surface area contributed by atoms with Gasteiger partial charge in [0.1, 0.15) is 0 Å². The van der Waals surface area contributed by atoms with E-state index < -0.39 is 0 Å². The number of nitrogens with zero attached hydrogens (tertiary/aromatic N) is 12. The molecule has 0 aliphatic heterocycles. The van der Waals surface area contributed by atoms with Crippen LogP contribution in [0.5, 0.6) is 0 Å². The molecule has 0 spiro atoms. The average Bonchev–Trinajstić information content (AvgIpc) is 1.51. The van der Waals surface area contributed by atoms with Crippen LogP contribution in [0.25, 0.3) is 102 Å². The zero-order valence-corrected chi connectivity index (χ0v) is 72.5. The van der Waals surface area contributed by atoms with Crippen molar-refractivity contribution in [3.05, 3.63) is 484 Å². The summed E-state index contributed by atoms with van der Waals surface area (Å²) in [5.41, 5.74) is 25.3.